The van der Waals surface area contributed by atoms with Gasteiger partial charge in [0.1, 0.15) is 13.2 Å². The van der Waals surface area contributed by atoms with Crippen molar-refractivity contribution < 1.29 is 28.6 Å². The number of hydrogen-bond acceptors (Lipinski definition) is 6. The quantitative estimate of drug-likeness (QED) is 0.0261. The molecule has 0 amide bonds. The molecular formula is C68H106O6. The summed E-state index contributed by atoms with van der Waals surface area (Å²) >= 11 is 0. The minimum atomic E-state index is -0.800. The predicted molar refractivity (Wildman–Crippen MR) is 320 cm³/mol. The predicted octanol–water partition coefficient (Wildman–Crippen LogP) is 20.1. The molecule has 0 radical (unpaired) electrons. The normalized spacial score (nSPS) is 13.3. The van der Waals surface area contributed by atoms with Crippen LogP contribution in [0.5, 0.6) is 0 Å². The summed E-state index contributed by atoms with van der Waals surface area (Å²) in [5.41, 5.74) is 0. The van der Waals surface area contributed by atoms with Crippen LogP contribution in [0, 0.1) is 0 Å². The molecule has 1 atom stereocenters. The summed E-state index contributed by atoms with van der Waals surface area (Å²) in [7, 11) is 0. The van der Waals surface area contributed by atoms with Crippen LogP contribution in [0.25, 0.3) is 0 Å². The number of allylic oxidation sites excluding steroid dienone is 26. The summed E-state index contributed by atoms with van der Waals surface area (Å²) < 4.78 is 16.7. The number of hydrogen-bond donors (Lipinski definition) is 0. The van der Waals surface area contributed by atoms with Gasteiger partial charge in [0, 0.05) is 19.3 Å². The van der Waals surface area contributed by atoms with E-state index >= 15 is 0 Å². The fourth-order valence-electron chi connectivity index (χ4n) is 7.42. The molecule has 0 aliphatic carbocycles. The van der Waals surface area contributed by atoms with E-state index in [9.17, 15) is 14.4 Å². The Hall–Kier alpha value is -4.97. The Morgan fingerprint density at radius 1 is 0.284 bits per heavy atom. The van der Waals surface area contributed by atoms with Gasteiger partial charge in [-0.05, 0) is 128 Å². The van der Waals surface area contributed by atoms with Crippen LogP contribution in [0.4, 0.5) is 0 Å². The van der Waals surface area contributed by atoms with E-state index in [1.54, 1.807) is 0 Å². The topological polar surface area (TPSA) is 78.9 Å². The third-order valence-corrected chi connectivity index (χ3v) is 11.8. The molecule has 0 rings (SSSR count). The van der Waals surface area contributed by atoms with Gasteiger partial charge in [0.05, 0.1) is 0 Å². The lowest BCUT2D eigenvalue weighted by Gasteiger charge is -2.18. The zero-order chi connectivity index (χ0) is 53.6. The van der Waals surface area contributed by atoms with E-state index in [4.69, 9.17) is 14.2 Å². The van der Waals surface area contributed by atoms with Gasteiger partial charge in [-0.1, -0.05) is 243 Å². The molecule has 0 bridgehead atoms. The van der Waals surface area contributed by atoms with E-state index in [1.165, 1.54) is 19.3 Å². The number of carbonyl (C=O) groups is 3. The molecule has 0 spiro atoms. The van der Waals surface area contributed by atoms with Crippen molar-refractivity contribution in [2.45, 2.75) is 239 Å². The highest BCUT2D eigenvalue weighted by molar-refractivity contribution is 5.71. The lowest BCUT2D eigenvalue weighted by atomic mass is 10.1. The van der Waals surface area contributed by atoms with Gasteiger partial charge in [-0.25, -0.2) is 0 Å². The van der Waals surface area contributed by atoms with Crippen LogP contribution in [0.1, 0.15) is 233 Å². The second-order valence-corrected chi connectivity index (χ2v) is 18.8. The summed E-state index contributed by atoms with van der Waals surface area (Å²) in [6.07, 6.45) is 88.5. The van der Waals surface area contributed by atoms with Gasteiger partial charge >= 0.3 is 17.9 Å². The number of carbonyl (C=O) groups excluding carboxylic acids is 3. The van der Waals surface area contributed by atoms with Crippen molar-refractivity contribution in [1.29, 1.82) is 0 Å². The van der Waals surface area contributed by atoms with E-state index in [0.29, 0.717) is 19.3 Å². The number of unbranched alkanes of at least 4 members (excludes halogenated alkanes) is 14. The standard InChI is InChI=1S/C68H106O6/c1-4-7-10-13-16-18-20-22-24-25-26-27-28-29-30-31-32-33-34-35-36-37-38-39-40-41-42-43-45-46-48-50-52-55-58-61-67(70)73-64-65(63-72-66(69)60-57-54-15-12-9-6-3)74-68(71)62-59-56-53-51-49-47-44-23-21-19-17-14-11-8-5-2/h7-8,10-11,16-19,22-24,26-27,29-30,32-33,35-36,38-39,41-42,44-46,65H,4-6,9,12-15,20-21,25,28,31,34,37,40,43,47-64H2,1-3H3/b10-7-,11-8-,18-16-,19-17-,24-22-,27-26-,30-29-,33-32-,36-35-,39-38-,42-41-,44-23-,46-45-. The van der Waals surface area contributed by atoms with E-state index in [-0.39, 0.29) is 31.1 Å². The van der Waals surface area contributed by atoms with Gasteiger partial charge in [0.25, 0.3) is 0 Å². The Bertz CT molecular complexity index is 1690. The fourth-order valence-corrected chi connectivity index (χ4v) is 7.42. The Labute approximate surface area is 454 Å². The fraction of sp³-hybridized carbons (Fsp3) is 0.574. The summed E-state index contributed by atoms with van der Waals surface area (Å²) in [4.78, 5) is 37.8. The second kappa shape index (κ2) is 60.6. The van der Waals surface area contributed by atoms with Crippen molar-refractivity contribution >= 4 is 17.9 Å². The molecule has 0 heterocycles. The molecule has 0 fully saturated rings. The highest BCUT2D eigenvalue weighted by Gasteiger charge is 2.19. The highest BCUT2D eigenvalue weighted by atomic mass is 16.6. The van der Waals surface area contributed by atoms with Crippen LogP contribution < -0.4 is 0 Å². The maximum Gasteiger partial charge on any atom is 0.306 e. The first-order valence-electron chi connectivity index (χ1n) is 29.5. The Kier molecular flexibility index (Phi) is 56.5. The van der Waals surface area contributed by atoms with Crippen LogP contribution in [0.3, 0.4) is 0 Å². The monoisotopic (exact) mass is 1020 g/mol. The minimum Gasteiger partial charge on any atom is -0.462 e. The second-order valence-electron chi connectivity index (χ2n) is 18.8. The van der Waals surface area contributed by atoms with E-state index in [1.807, 2.05) is 0 Å². The van der Waals surface area contributed by atoms with Gasteiger partial charge in [0.2, 0.25) is 0 Å². The van der Waals surface area contributed by atoms with Gasteiger partial charge in [-0.3, -0.25) is 14.4 Å². The third-order valence-electron chi connectivity index (χ3n) is 11.8. The SMILES string of the molecule is CC/C=C\C/C=C\C/C=C\C/C=C\C/C=C\C/C=C\C/C=C\C/C=C\C/C=C\C/C=C\CCCCCCC(=O)OCC(COC(=O)CCCCCCCC)OC(=O)CCCCCCC/C=C\C/C=C\C/C=C\CC. The third kappa shape index (κ3) is 57.9. The molecule has 414 valence electrons. The van der Waals surface area contributed by atoms with Crippen molar-refractivity contribution in [2.75, 3.05) is 13.2 Å². The smallest absolute Gasteiger partial charge is 0.306 e. The van der Waals surface area contributed by atoms with Crippen molar-refractivity contribution in [3.05, 3.63) is 158 Å². The number of rotatable bonds is 51. The molecule has 0 aliphatic rings. The Balaban J connectivity index is 4.19. The number of ether oxygens (including phenoxy) is 3. The van der Waals surface area contributed by atoms with E-state index in [2.05, 4.69) is 179 Å². The lowest BCUT2D eigenvalue weighted by Crippen LogP contribution is -2.30. The van der Waals surface area contributed by atoms with Crippen LogP contribution in [0.15, 0.2) is 158 Å². The molecule has 0 aromatic carbocycles. The first kappa shape index (κ1) is 69.0. The molecule has 6 heteroatoms. The molecule has 6 nitrogen and oxygen atoms in total. The maximum atomic E-state index is 12.8. The van der Waals surface area contributed by atoms with Gasteiger partial charge in [-0.2, -0.15) is 0 Å². The van der Waals surface area contributed by atoms with Crippen molar-refractivity contribution in [3.63, 3.8) is 0 Å². The van der Waals surface area contributed by atoms with E-state index < -0.39 is 6.10 Å². The van der Waals surface area contributed by atoms with Gasteiger partial charge in [-0.15, -0.1) is 0 Å². The summed E-state index contributed by atoms with van der Waals surface area (Å²) in [5.74, 6) is -0.962. The molecular weight excluding hydrogens is 913 g/mol. The van der Waals surface area contributed by atoms with Crippen molar-refractivity contribution in [2.24, 2.45) is 0 Å². The van der Waals surface area contributed by atoms with Crippen molar-refractivity contribution in [1.82, 2.24) is 0 Å². The first-order valence-corrected chi connectivity index (χ1v) is 29.5. The minimum absolute atomic E-state index is 0.0988. The first-order chi connectivity index (χ1) is 36.5. The summed E-state index contributed by atoms with van der Waals surface area (Å²) in [6.45, 7) is 6.29. The molecule has 0 aromatic heterocycles. The van der Waals surface area contributed by atoms with Gasteiger partial charge < -0.3 is 14.2 Å². The molecule has 74 heavy (non-hydrogen) atoms. The molecule has 0 aliphatic heterocycles. The molecule has 1 unspecified atom stereocenters. The lowest BCUT2D eigenvalue weighted by molar-refractivity contribution is -0.167. The van der Waals surface area contributed by atoms with Crippen LogP contribution >= 0.6 is 0 Å². The van der Waals surface area contributed by atoms with Crippen molar-refractivity contribution in [3.8, 4) is 0 Å². The zero-order valence-electron chi connectivity index (χ0n) is 47.3. The zero-order valence-corrected chi connectivity index (χ0v) is 47.3. The number of esters is 3. The van der Waals surface area contributed by atoms with Gasteiger partial charge in [0.15, 0.2) is 6.10 Å². The van der Waals surface area contributed by atoms with Crippen LogP contribution in [-0.4, -0.2) is 37.2 Å². The van der Waals surface area contributed by atoms with Crippen LogP contribution in [-0.2, 0) is 28.6 Å². The molecule has 0 saturated carbocycles. The average molecular weight is 1020 g/mol. The Morgan fingerprint density at radius 3 is 0.824 bits per heavy atom. The molecule has 0 N–H and O–H groups in total. The Morgan fingerprint density at radius 2 is 0.527 bits per heavy atom. The molecule has 0 aromatic rings. The highest BCUT2D eigenvalue weighted by Crippen LogP contribution is 2.13. The van der Waals surface area contributed by atoms with Crippen LogP contribution in [0.2, 0.25) is 0 Å². The van der Waals surface area contributed by atoms with E-state index in [0.717, 1.165) is 173 Å². The molecule has 0 saturated heterocycles. The summed E-state index contributed by atoms with van der Waals surface area (Å²) in [6, 6.07) is 0. The largest absolute Gasteiger partial charge is 0.462 e. The average Bonchev–Trinajstić information content (AvgIpc) is 3.40. The maximum absolute atomic E-state index is 12.8. The summed E-state index contributed by atoms with van der Waals surface area (Å²) in [5, 5.41) is 0.